The summed E-state index contributed by atoms with van der Waals surface area (Å²) in [7, 11) is 8.99. The quantitative estimate of drug-likeness (QED) is 0.0849. The zero-order valence-corrected chi connectivity index (χ0v) is 41.9. The van der Waals surface area contributed by atoms with Crippen LogP contribution in [-0.4, -0.2) is 135 Å². The van der Waals surface area contributed by atoms with E-state index in [1.54, 1.807) is 25.3 Å². The lowest BCUT2D eigenvalue weighted by atomic mass is 9.90. The minimum Gasteiger partial charge on any atom is -0.496 e. The van der Waals surface area contributed by atoms with Crippen LogP contribution in [0.2, 0.25) is 0 Å². The summed E-state index contributed by atoms with van der Waals surface area (Å²) in [4.78, 5) is 68.6. The second-order valence-electron chi connectivity index (χ2n) is 18.8. The third-order valence-electron chi connectivity index (χ3n) is 14.3. The highest BCUT2D eigenvalue weighted by Gasteiger charge is 2.31. The summed E-state index contributed by atoms with van der Waals surface area (Å²) < 4.78 is 33.6. The molecule has 0 bridgehead atoms. The van der Waals surface area contributed by atoms with Gasteiger partial charge in [-0.05, 0) is 121 Å². The summed E-state index contributed by atoms with van der Waals surface area (Å²) in [6.45, 7) is 4.13. The molecule has 2 saturated heterocycles. The Kier molecular flexibility index (Phi) is 18.6. The molecule has 3 aromatic rings. The summed E-state index contributed by atoms with van der Waals surface area (Å²) in [6, 6.07) is 9.46. The van der Waals surface area contributed by atoms with Gasteiger partial charge >= 0.3 is 0 Å². The molecule has 0 spiro atoms. The van der Waals surface area contributed by atoms with Crippen molar-refractivity contribution in [3.05, 3.63) is 69.8 Å². The summed E-state index contributed by atoms with van der Waals surface area (Å²) in [5.74, 6) is 0.465. The molecule has 0 aromatic heterocycles. The lowest BCUT2D eigenvalue weighted by molar-refractivity contribution is 0.0883. The van der Waals surface area contributed by atoms with Crippen LogP contribution < -0.4 is 71.0 Å². The van der Waals surface area contributed by atoms with Crippen LogP contribution in [0.1, 0.15) is 134 Å². The smallest absolute Gasteiger partial charge is 0.255 e. The molecule has 19 nitrogen and oxygen atoms in total. The number of hydrogen-bond donors (Lipinski definition) is 8. The number of benzene rings is 3. The first-order valence-corrected chi connectivity index (χ1v) is 24.9. The highest BCUT2D eigenvalue weighted by atomic mass is 16.5. The number of carbonyl (C=O) groups excluding carboxylic acids is 5. The zero-order chi connectivity index (χ0) is 50.4. The van der Waals surface area contributed by atoms with Crippen LogP contribution in [-0.2, 0) is 6.54 Å². The third-order valence-corrected chi connectivity index (χ3v) is 14.3. The highest BCUT2D eigenvalue weighted by molar-refractivity contribution is 6.04. The largest absolute Gasteiger partial charge is 0.496 e. The topological polar surface area (TPSA) is 237 Å². The normalized spacial score (nSPS) is 20.6. The average molecular weight is 985 g/mol. The number of methoxy groups -OCH3 is 6. The maximum absolute atomic E-state index is 13.9. The van der Waals surface area contributed by atoms with E-state index in [0.717, 1.165) is 57.4 Å². The molecule has 4 aliphatic rings. The molecule has 71 heavy (non-hydrogen) atoms. The van der Waals surface area contributed by atoms with Crippen LogP contribution in [0.15, 0.2) is 36.4 Å². The van der Waals surface area contributed by atoms with E-state index in [-0.39, 0.29) is 93.3 Å². The van der Waals surface area contributed by atoms with Gasteiger partial charge in [-0.1, -0.05) is 0 Å². The molecule has 5 amide bonds. The standard InChI is InChI=1S/C52H72N8O11/c1-66-42-26-43(67-2)37(23-30(42)29-55-31-15-19-53-20-16-31)48(61)56-32-7-9-33(10-8-32)57-49(62)38-24-39(45(69-4)27-44(38)68-3)50(63)58-34-11-13-35(14-12-34)59-51(64)40-25-41(47(71-6)28-46(40)70-5)52(65)60-36-17-21-54-22-18-36/h23-28,31-36,53-55H,7-22,29H2,1-6H3,(H,56,61)(H,57,62)(H,58,63)(H,59,64)(H,60,65). The van der Waals surface area contributed by atoms with Gasteiger partial charge in [0.15, 0.2) is 0 Å². The minimum atomic E-state index is -0.404. The molecule has 7 rings (SSSR count). The second kappa shape index (κ2) is 25.2. The lowest BCUT2D eigenvalue weighted by Crippen LogP contribution is -2.44. The first-order valence-electron chi connectivity index (χ1n) is 24.9. The predicted octanol–water partition coefficient (Wildman–Crippen LogP) is 4.00. The summed E-state index contributed by atoms with van der Waals surface area (Å²) in [6.07, 6.45) is 8.57. The van der Waals surface area contributed by atoms with Gasteiger partial charge in [-0.3, -0.25) is 24.0 Å². The molecule has 2 saturated carbocycles. The number of ether oxygens (including phenoxy) is 6. The fourth-order valence-corrected chi connectivity index (χ4v) is 10.1. The monoisotopic (exact) mass is 985 g/mol. The number of nitrogens with one attached hydrogen (secondary N) is 8. The summed E-state index contributed by atoms with van der Waals surface area (Å²) >= 11 is 0. The maximum atomic E-state index is 13.9. The fourth-order valence-electron chi connectivity index (χ4n) is 10.1. The van der Waals surface area contributed by atoms with Gasteiger partial charge in [-0.2, -0.15) is 0 Å². The van der Waals surface area contributed by atoms with Gasteiger partial charge in [0.05, 0.1) is 70.5 Å². The third kappa shape index (κ3) is 13.4. The van der Waals surface area contributed by atoms with Gasteiger partial charge in [0.2, 0.25) is 0 Å². The van der Waals surface area contributed by atoms with Crippen molar-refractivity contribution in [1.82, 2.24) is 42.5 Å². The van der Waals surface area contributed by atoms with Gasteiger partial charge in [0, 0.05) is 66.6 Å². The Morgan fingerprint density at radius 3 is 0.915 bits per heavy atom. The minimum absolute atomic E-state index is 0.0197. The Balaban J connectivity index is 0.916. The van der Waals surface area contributed by atoms with Crippen molar-refractivity contribution in [2.45, 2.75) is 120 Å². The van der Waals surface area contributed by atoms with Gasteiger partial charge in [0.25, 0.3) is 29.5 Å². The lowest BCUT2D eigenvalue weighted by Gasteiger charge is -2.30. The van der Waals surface area contributed by atoms with Crippen molar-refractivity contribution in [1.29, 1.82) is 0 Å². The molecular formula is C52H72N8O11. The van der Waals surface area contributed by atoms with E-state index in [1.165, 1.54) is 47.7 Å². The molecule has 2 heterocycles. The van der Waals surface area contributed by atoms with Crippen molar-refractivity contribution < 1.29 is 52.4 Å². The average Bonchev–Trinajstić information content (AvgIpc) is 3.40. The van der Waals surface area contributed by atoms with Crippen LogP contribution in [0.25, 0.3) is 0 Å². The zero-order valence-electron chi connectivity index (χ0n) is 41.9. The molecule has 0 radical (unpaired) electrons. The molecule has 19 heteroatoms. The second-order valence-corrected chi connectivity index (χ2v) is 18.8. The fraction of sp³-hybridized carbons (Fsp3) is 0.558. The molecule has 2 aliphatic heterocycles. The Labute approximate surface area is 416 Å². The summed E-state index contributed by atoms with van der Waals surface area (Å²) in [5.41, 5.74) is 2.16. The SMILES string of the molecule is COc1cc(OC)c(C(=O)NC2CCC(NC(=O)c3cc(C(=O)NC4CCC(NC(=O)c5cc(C(=O)NC6CCNCC6)c(OC)cc5OC)CC4)c(OC)cc3OC)CC2)cc1CNC1CCNCC1. The number of rotatable bonds is 19. The van der Waals surface area contributed by atoms with Crippen LogP contribution in [0.4, 0.5) is 0 Å². The van der Waals surface area contributed by atoms with Crippen molar-refractivity contribution in [2.24, 2.45) is 0 Å². The van der Waals surface area contributed by atoms with Crippen LogP contribution in [0, 0.1) is 0 Å². The number of piperidine rings is 2. The number of carbonyl (C=O) groups is 5. The van der Waals surface area contributed by atoms with E-state index in [1.807, 2.05) is 6.07 Å². The van der Waals surface area contributed by atoms with Crippen molar-refractivity contribution in [3.63, 3.8) is 0 Å². The van der Waals surface area contributed by atoms with E-state index in [9.17, 15) is 24.0 Å². The van der Waals surface area contributed by atoms with Crippen molar-refractivity contribution in [2.75, 3.05) is 68.8 Å². The maximum Gasteiger partial charge on any atom is 0.255 e. The van der Waals surface area contributed by atoms with E-state index >= 15 is 0 Å². The first-order chi connectivity index (χ1) is 34.4. The number of hydrogen-bond acceptors (Lipinski definition) is 14. The van der Waals surface area contributed by atoms with E-state index in [4.69, 9.17) is 28.4 Å². The Hall–Kier alpha value is -6.31. The summed E-state index contributed by atoms with van der Waals surface area (Å²) in [5, 5.41) is 25.9. The number of amides is 5. The van der Waals surface area contributed by atoms with Crippen LogP contribution >= 0.6 is 0 Å². The Morgan fingerprint density at radius 1 is 0.366 bits per heavy atom. The predicted molar refractivity (Wildman–Crippen MR) is 267 cm³/mol. The van der Waals surface area contributed by atoms with E-state index in [0.29, 0.717) is 86.8 Å². The molecule has 0 unspecified atom stereocenters. The first kappa shape index (κ1) is 52.5. The van der Waals surface area contributed by atoms with Crippen LogP contribution in [0.5, 0.6) is 34.5 Å². The van der Waals surface area contributed by atoms with Gasteiger partial charge in [0.1, 0.15) is 34.5 Å². The van der Waals surface area contributed by atoms with E-state index < -0.39 is 5.91 Å². The van der Waals surface area contributed by atoms with Crippen LogP contribution in [0.3, 0.4) is 0 Å². The van der Waals surface area contributed by atoms with Gasteiger partial charge in [-0.25, -0.2) is 0 Å². The Bertz CT molecular complexity index is 2350. The van der Waals surface area contributed by atoms with Gasteiger partial charge in [-0.15, -0.1) is 0 Å². The molecular weight excluding hydrogens is 913 g/mol. The molecule has 386 valence electrons. The van der Waals surface area contributed by atoms with Crippen molar-refractivity contribution in [3.8, 4) is 34.5 Å². The Morgan fingerprint density at radius 2 is 0.620 bits per heavy atom. The van der Waals surface area contributed by atoms with E-state index in [2.05, 4.69) is 42.5 Å². The molecule has 8 N–H and O–H groups in total. The molecule has 3 aromatic carbocycles. The highest BCUT2D eigenvalue weighted by Crippen LogP contribution is 2.34. The van der Waals surface area contributed by atoms with Crippen molar-refractivity contribution >= 4 is 29.5 Å². The van der Waals surface area contributed by atoms with Gasteiger partial charge < -0.3 is 71.0 Å². The molecule has 2 aliphatic carbocycles. The molecule has 0 atom stereocenters. The molecule has 4 fully saturated rings.